The third-order valence-corrected chi connectivity index (χ3v) is 4.51. The molecule has 0 radical (unpaired) electrons. The van der Waals surface area contributed by atoms with Gasteiger partial charge in [0.25, 0.3) is 5.91 Å². The highest BCUT2D eigenvalue weighted by molar-refractivity contribution is 6.04. The van der Waals surface area contributed by atoms with Gasteiger partial charge in [-0.25, -0.2) is 9.78 Å². The monoisotopic (exact) mass is 398 g/mol. The molecule has 1 aromatic heterocycles. The van der Waals surface area contributed by atoms with E-state index in [9.17, 15) is 9.59 Å². The molecular weight excluding hydrogens is 372 g/mol. The molecule has 1 aromatic carbocycles. The number of benzene rings is 1. The van der Waals surface area contributed by atoms with Gasteiger partial charge in [-0.3, -0.25) is 9.69 Å². The third kappa shape index (κ3) is 6.27. The standard InChI is InChI=1S/C21H26N4O4/c1-2-29-21(27)16-3-5-18(6-4-16)24-20(26)17-7-8-22-19(15-17)23-9-10-25-11-13-28-14-12-25/h3-8,15H,2,9-14H2,1H3,(H,22,23)(H,24,26). The van der Waals surface area contributed by atoms with Crippen LogP contribution in [0.2, 0.25) is 0 Å². The van der Waals surface area contributed by atoms with Gasteiger partial charge >= 0.3 is 5.97 Å². The maximum atomic E-state index is 12.5. The molecule has 0 aliphatic carbocycles. The van der Waals surface area contributed by atoms with E-state index in [0.29, 0.717) is 29.2 Å². The first-order valence-electron chi connectivity index (χ1n) is 9.74. The van der Waals surface area contributed by atoms with Crippen molar-refractivity contribution in [3.8, 4) is 0 Å². The molecule has 154 valence electrons. The van der Waals surface area contributed by atoms with E-state index in [2.05, 4.69) is 20.5 Å². The summed E-state index contributed by atoms with van der Waals surface area (Å²) in [5.74, 6) is 0.0309. The van der Waals surface area contributed by atoms with Gasteiger partial charge in [-0.1, -0.05) is 0 Å². The van der Waals surface area contributed by atoms with Crippen LogP contribution in [0, 0.1) is 0 Å². The van der Waals surface area contributed by atoms with Crippen LogP contribution in [0.1, 0.15) is 27.6 Å². The molecule has 1 saturated heterocycles. The number of amides is 1. The Balaban J connectivity index is 1.52. The molecule has 0 atom stereocenters. The number of carbonyl (C=O) groups excluding carboxylic acids is 2. The first-order chi connectivity index (χ1) is 14.2. The van der Waals surface area contributed by atoms with Crippen molar-refractivity contribution in [2.24, 2.45) is 0 Å². The molecule has 29 heavy (non-hydrogen) atoms. The Hall–Kier alpha value is -2.97. The lowest BCUT2D eigenvalue weighted by Crippen LogP contribution is -2.39. The summed E-state index contributed by atoms with van der Waals surface area (Å²) in [4.78, 5) is 30.8. The van der Waals surface area contributed by atoms with Crippen molar-refractivity contribution in [1.82, 2.24) is 9.88 Å². The lowest BCUT2D eigenvalue weighted by atomic mass is 10.2. The summed E-state index contributed by atoms with van der Waals surface area (Å²) in [6, 6.07) is 9.98. The zero-order valence-electron chi connectivity index (χ0n) is 16.5. The van der Waals surface area contributed by atoms with E-state index < -0.39 is 0 Å². The van der Waals surface area contributed by atoms with Gasteiger partial charge in [0, 0.05) is 43.6 Å². The van der Waals surface area contributed by atoms with Crippen LogP contribution in [0.25, 0.3) is 0 Å². The van der Waals surface area contributed by atoms with Crippen molar-refractivity contribution in [3.63, 3.8) is 0 Å². The van der Waals surface area contributed by atoms with Gasteiger partial charge in [-0.15, -0.1) is 0 Å². The highest BCUT2D eigenvalue weighted by Crippen LogP contribution is 2.14. The van der Waals surface area contributed by atoms with Crippen LogP contribution in [0.4, 0.5) is 11.5 Å². The number of carbonyl (C=O) groups is 2. The van der Waals surface area contributed by atoms with E-state index >= 15 is 0 Å². The summed E-state index contributed by atoms with van der Waals surface area (Å²) in [6.45, 7) is 7.14. The van der Waals surface area contributed by atoms with Crippen molar-refractivity contribution in [3.05, 3.63) is 53.7 Å². The molecule has 0 spiro atoms. The predicted molar refractivity (Wildman–Crippen MR) is 110 cm³/mol. The molecular formula is C21H26N4O4. The molecule has 1 amide bonds. The number of morpholine rings is 1. The van der Waals surface area contributed by atoms with E-state index in [-0.39, 0.29) is 11.9 Å². The number of anilines is 2. The van der Waals surface area contributed by atoms with Gasteiger partial charge in [0.2, 0.25) is 0 Å². The Labute approximate surface area is 170 Å². The third-order valence-electron chi connectivity index (χ3n) is 4.51. The van der Waals surface area contributed by atoms with E-state index in [4.69, 9.17) is 9.47 Å². The van der Waals surface area contributed by atoms with Crippen molar-refractivity contribution >= 4 is 23.4 Å². The zero-order valence-corrected chi connectivity index (χ0v) is 16.5. The van der Waals surface area contributed by atoms with E-state index in [1.54, 1.807) is 49.5 Å². The minimum Gasteiger partial charge on any atom is -0.462 e. The molecule has 2 heterocycles. The van der Waals surface area contributed by atoms with Gasteiger partial charge in [-0.2, -0.15) is 0 Å². The second kappa shape index (κ2) is 10.5. The summed E-state index contributed by atoms with van der Waals surface area (Å²) in [6.07, 6.45) is 1.61. The molecule has 3 rings (SSSR count). The summed E-state index contributed by atoms with van der Waals surface area (Å²) >= 11 is 0. The zero-order chi connectivity index (χ0) is 20.5. The maximum absolute atomic E-state index is 12.5. The van der Waals surface area contributed by atoms with Crippen molar-refractivity contribution in [2.75, 3.05) is 56.6 Å². The van der Waals surface area contributed by atoms with Crippen LogP contribution in [0.5, 0.6) is 0 Å². The molecule has 0 bridgehead atoms. The lowest BCUT2D eigenvalue weighted by molar-refractivity contribution is 0.0398. The van der Waals surface area contributed by atoms with Crippen molar-refractivity contribution in [2.45, 2.75) is 6.92 Å². The molecule has 0 saturated carbocycles. The fourth-order valence-electron chi connectivity index (χ4n) is 2.94. The van der Waals surface area contributed by atoms with Crippen LogP contribution in [-0.2, 0) is 9.47 Å². The number of ether oxygens (including phenoxy) is 2. The van der Waals surface area contributed by atoms with Gasteiger partial charge in [0.15, 0.2) is 0 Å². The second-order valence-corrected chi connectivity index (χ2v) is 6.56. The lowest BCUT2D eigenvalue weighted by Gasteiger charge is -2.26. The Morgan fingerprint density at radius 2 is 1.90 bits per heavy atom. The van der Waals surface area contributed by atoms with Crippen molar-refractivity contribution in [1.29, 1.82) is 0 Å². The van der Waals surface area contributed by atoms with E-state index in [1.165, 1.54) is 0 Å². The maximum Gasteiger partial charge on any atom is 0.338 e. The number of nitrogens with one attached hydrogen (secondary N) is 2. The predicted octanol–water partition coefficient (Wildman–Crippen LogP) is 2.25. The molecule has 1 aliphatic rings. The van der Waals surface area contributed by atoms with Crippen LogP contribution in [0.15, 0.2) is 42.6 Å². The summed E-state index contributed by atoms with van der Waals surface area (Å²) < 4.78 is 10.3. The van der Waals surface area contributed by atoms with E-state index in [0.717, 1.165) is 39.4 Å². The Morgan fingerprint density at radius 1 is 1.14 bits per heavy atom. The highest BCUT2D eigenvalue weighted by atomic mass is 16.5. The molecule has 8 nitrogen and oxygen atoms in total. The van der Waals surface area contributed by atoms with Crippen LogP contribution in [-0.4, -0.2) is 67.8 Å². The largest absolute Gasteiger partial charge is 0.462 e. The number of hydrogen-bond acceptors (Lipinski definition) is 7. The smallest absolute Gasteiger partial charge is 0.338 e. The fraction of sp³-hybridized carbons (Fsp3) is 0.381. The van der Waals surface area contributed by atoms with Crippen LogP contribution >= 0.6 is 0 Å². The Bertz CT molecular complexity index is 820. The first kappa shape index (κ1) is 20.8. The fourth-order valence-corrected chi connectivity index (χ4v) is 2.94. The SMILES string of the molecule is CCOC(=O)c1ccc(NC(=O)c2ccnc(NCCN3CCOCC3)c2)cc1. The number of nitrogens with zero attached hydrogens (tertiary/aromatic N) is 2. The minimum absolute atomic E-state index is 0.243. The number of rotatable bonds is 8. The molecule has 1 aliphatic heterocycles. The van der Waals surface area contributed by atoms with Gasteiger partial charge in [0.1, 0.15) is 5.82 Å². The summed E-state index contributed by atoms with van der Waals surface area (Å²) in [5, 5.41) is 6.08. The molecule has 0 unspecified atom stereocenters. The number of hydrogen-bond donors (Lipinski definition) is 2. The Morgan fingerprint density at radius 3 is 2.62 bits per heavy atom. The minimum atomic E-state index is -0.382. The molecule has 8 heteroatoms. The summed E-state index contributed by atoms with van der Waals surface area (Å²) in [7, 11) is 0. The highest BCUT2D eigenvalue weighted by Gasteiger charge is 2.11. The van der Waals surface area contributed by atoms with Crippen molar-refractivity contribution < 1.29 is 19.1 Å². The second-order valence-electron chi connectivity index (χ2n) is 6.56. The van der Waals surface area contributed by atoms with Crippen LogP contribution in [0.3, 0.4) is 0 Å². The Kier molecular flexibility index (Phi) is 7.54. The molecule has 2 aromatic rings. The van der Waals surface area contributed by atoms with E-state index in [1.807, 2.05) is 0 Å². The van der Waals surface area contributed by atoms with Gasteiger partial charge < -0.3 is 20.1 Å². The van der Waals surface area contributed by atoms with Crippen LogP contribution < -0.4 is 10.6 Å². The topological polar surface area (TPSA) is 92.8 Å². The number of esters is 1. The normalized spacial score (nSPS) is 14.2. The average Bonchev–Trinajstić information content (AvgIpc) is 2.75. The molecule has 1 fully saturated rings. The van der Waals surface area contributed by atoms with Gasteiger partial charge in [-0.05, 0) is 43.3 Å². The average molecular weight is 398 g/mol. The number of pyridine rings is 1. The van der Waals surface area contributed by atoms with Gasteiger partial charge in [0.05, 0.1) is 25.4 Å². The quantitative estimate of drug-likeness (QED) is 0.659. The molecule has 2 N–H and O–H groups in total. The summed E-state index contributed by atoms with van der Waals surface area (Å²) in [5.41, 5.74) is 1.55. The number of aromatic nitrogens is 1. The first-order valence-corrected chi connectivity index (χ1v) is 9.74.